The van der Waals surface area contributed by atoms with Crippen molar-refractivity contribution in [3.8, 4) is 5.75 Å². The lowest BCUT2D eigenvalue weighted by Gasteiger charge is -2.28. The molecule has 172 valence electrons. The van der Waals surface area contributed by atoms with Crippen LogP contribution in [0.15, 0.2) is 28.7 Å². The molecule has 4 heterocycles. The summed E-state index contributed by atoms with van der Waals surface area (Å²) in [6.07, 6.45) is 0.453. The minimum Gasteiger partial charge on any atom is -0.497 e. The Morgan fingerprint density at radius 1 is 1.21 bits per heavy atom. The lowest BCUT2D eigenvalue weighted by atomic mass is 9.82. The molecule has 0 spiro atoms. The summed E-state index contributed by atoms with van der Waals surface area (Å²) in [7, 11) is 1.53. The Hall–Kier alpha value is -3.66. The van der Waals surface area contributed by atoms with E-state index in [1.807, 2.05) is 11.0 Å². The number of methoxy groups -OCH3 is 1. The SMILES string of the molecule is COc1ccc2c(c1)C(=O)N(C[C@@]1(c3cc4c(o3)CCN(CC(N)=O)C4)CC(=O)NC1=O)C2. The molecule has 10 heteroatoms. The highest BCUT2D eigenvalue weighted by molar-refractivity contribution is 6.09. The van der Waals surface area contributed by atoms with Crippen LogP contribution < -0.4 is 15.8 Å². The molecule has 0 radical (unpaired) electrons. The van der Waals surface area contributed by atoms with Gasteiger partial charge in [-0.15, -0.1) is 0 Å². The van der Waals surface area contributed by atoms with Crippen molar-refractivity contribution in [2.24, 2.45) is 5.73 Å². The van der Waals surface area contributed by atoms with Crippen molar-refractivity contribution in [1.29, 1.82) is 0 Å². The van der Waals surface area contributed by atoms with Crippen LogP contribution in [0.25, 0.3) is 0 Å². The van der Waals surface area contributed by atoms with Crippen molar-refractivity contribution < 1.29 is 28.3 Å². The average molecular weight is 452 g/mol. The van der Waals surface area contributed by atoms with E-state index in [2.05, 4.69) is 5.32 Å². The second-order valence-corrected chi connectivity index (χ2v) is 8.81. The Labute approximate surface area is 189 Å². The number of ether oxygens (including phenoxy) is 1. The molecule has 5 rings (SSSR count). The fraction of sp³-hybridized carbons (Fsp3) is 0.391. The van der Waals surface area contributed by atoms with Crippen molar-refractivity contribution in [3.05, 3.63) is 52.5 Å². The number of hydrogen-bond donors (Lipinski definition) is 2. The van der Waals surface area contributed by atoms with Crippen LogP contribution in [0.4, 0.5) is 0 Å². The van der Waals surface area contributed by atoms with Gasteiger partial charge in [0.25, 0.3) is 5.91 Å². The zero-order valence-corrected chi connectivity index (χ0v) is 18.2. The quantitative estimate of drug-likeness (QED) is 0.592. The molecule has 1 aromatic heterocycles. The first-order valence-electron chi connectivity index (χ1n) is 10.7. The highest BCUT2D eigenvalue weighted by atomic mass is 16.5. The number of benzene rings is 1. The molecular formula is C23H24N4O6. The number of nitrogens with zero attached hydrogens (tertiary/aromatic N) is 2. The standard InChI is InChI=1S/C23H24N4O6/c1-32-15-3-2-13-10-27(21(30)16(13)7-15)12-23(8-20(29)25-22(23)31)18-6-14-9-26(11-19(24)28)5-4-17(14)33-18/h2-3,6-7H,4-5,8-12H2,1H3,(H2,24,28)(H,25,29,31)/t23-/m1/s1. The molecule has 1 saturated heterocycles. The zero-order chi connectivity index (χ0) is 23.3. The molecule has 1 atom stereocenters. The summed E-state index contributed by atoms with van der Waals surface area (Å²) in [6, 6.07) is 7.08. The predicted molar refractivity (Wildman–Crippen MR) is 114 cm³/mol. The topological polar surface area (TPSA) is 135 Å². The second-order valence-electron chi connectivity index (χ2n) is 8.81. The van der Waals surface area contributed by atoms with E-state index in [4.69, 9.17) is 14.9 Å². The van der Waals surface area contributed by atoms with Gasteiger partial charge in [0.2, 0.25) is 17.7 Å². The van der Waals surface area contributed by atoms with E-state index in [0.29, 0.717) is 43.1 Å². The molecule has 3 aliphatic rings. The molecule has 1 aromatic carbocycles. The third-order valence-electron chi connectivity index (χ3n) is 6.60. The van der Waals surface area contributed by atoms with Gasteiger partial charge in [-0.05, 0) is 23.8 Å². The van der Waals surface area contributed by atoms with Gasteiger partial charge in [-0.2, -0.15) is 0 Å². The summed E-state index contributed by atoms with van der Waals surface area (Å²) in [5.41, 5.74) is 6.22. The minimum atomic E-state index is -1.31. The number of furan rings is 1. The number of primary amides is 1. The van der Waals surface area contributed by atoms with Crippen LogP contribution in [0.3, 0.4) is 0 Å². The molecule has 0 bridgehead atoms. The molecule has 2 aromatic rings. The largest absolute Gasteiger partial charge is 0.497 e. The maximum Gasteiger partial charge on any atom is 0.254 e. The van der Waals surface area contributed by atoms with E-state index in [1.54, 1.807) is 23.1 Å². The summed E-state index contributed by atoms with van der Waals surface area (Å²) in [6.45, 7) is 1.53. The minimum absolute atomic E-state index is 0.0117. The van der Waals surface area contributed by atoms with Crippen LogP contribution in [0.5, 0.6) is 5.75 Å². The van der Waals surface area contributed by atoms with E-state index in [-0.39, 0.29) is 25.4 Å². The van der Waals surface area contributed by atoms with Gasteiger partial charge in [-0.25, -0.2) is 0 Å². The number of carbonyl (C=O) groups excluding carboxylic acids is 4. The Morgan fingerprint density at radius 3 is 2.73 bits per heavy atom. The van der Waals surface area contributed by atoms with Crippen LogP contribution in [0.1, 0.15) is 39.4 Å². The van der Waals surface area contributed by atoms with Gasteiger partial charge in [0, 0.05) is 43.7 Å². The van der Waals surface area contributed by atoms with Gasteiger partial charge in [-0.3, -0.25) is 29.4 Å². The van der Waals surface area contributed by atoms with Gasteiger partial charge in [0.1, 0.15) is 22.7 Å². The summed E-state index contributed by atoms with van der Waals surface area (Å²) < 4.78 is 11.3. The molecule has 3 N–H and O–H groups in total. The molecule has 10 nitrogen and oxygen atoms in total. The number of carbonyl (C=O) groups is 4. The van der Waals surface area contributed by atoms with Crippen molar-refractivity contribution in [3.63, 3.8) is 0 Å². The first-order chi connectivity index (χ1) is 15.8. The number of hydrogen-bond acceptors (Lipinski definition) is 7. The number of imide groups is 1. The number of fused-ring (bicyclic) bond motifs is 2. The van der Waals surface area contributed by atoms with Crippen LogP contribution >= 0.6 is 0 Å². The van der Waals surface area contributed by atoms with Crippen molar-refractivity contribution in [2.75, 3.05) is 26.7 Å². The normalized spacial score (nSPS) is 22.3. The summed E-state index contributed by atoms with van der Waals surface area (Å²) in [4.78, 5) is 53.2. The van der Waals surface area contributed by atoms with Gasteiger partial charge >= 0.3 is 0 Å². The van der Waals surface area contributed by atoms with Crippen LogP contribution in [0.2, 0.25) is 0 Å². The Bertz CT molecular complexity index is 1190. The smallest absolute Gasteiger partial charge is 0.254 e. The van der Waals surface area contributed by atoms with Crippen molar-refractivity contribution >= 4 is 23.6 Å². The summed E-state index contributed by atoms with van der Waals surface area (Å²) >= 11 is 0. The molecule has 3 aliphatic heterocycles. The first kappa shape index (κ1) is 21.2. The fourth-order valence-electron chi connectivity index (χ4n) is 4.95. The van der Waals surface area contributed by atoms with E-state index in [0.717, 1.165) is 16.9 Å². The van der Waals surface area contributed by atoms with Gasteiger partial charge in [0.05, 0.1) is 20.1 Å². The Morgan fingerprint density at radius 2 is 2.03 bits per heavy atom. The van der Waals surface area contributed by atoms with Crippen LogP contribution in [-0.4, -0.2) is 60.2 Å². The predicted octanol–water partition coefficient (Wildman–Crippen LogP) is 0.0719. The highest BCUT2D eigenvalue weighted by Crippen LogP contribution is 2.39. The van der Waals surface area contributed by atoms with Gasteiger partial charge in [-0.1, -0.05) is 6.07 Å². The maximum atomic E-state index is 13.1. The molecule has 0 aliphatic carbocycles. The lowest BCUT2D eigenvalue weighted by molar-refractivity contribution is -0.127. The van der Waals surface area contributed by atoms with Crippen molar-refractivity contribution in [2.45, 2.75) is 31.3 Å². The van der Waals surface area contributed by atoms with Gasteiger partial charge < -0.3 is 19.8 Å². The molecule has 1 fully saturated rings. The average Bonchev–Trinajstić information content (AvgIpc) is 3.41. The van der Waals surface area contributed by atoms with Crippen LogP contribution in [-0.2, 0) is 39.3 Å². The molecule has 4 amide bonds. The van der Waals surface area contributed by atoms with E-state index < -0.39 is 23.1 Å². The molecular weight excluding hydrogens is 428 g/mol. The summed E-state index contributed by atoms with van der Waals surface area (Å²) in [5.74, 6) is 0.134. The molecule has 33 heavy (non-hydrogen) atoms. The monoisotopic (exact) mass is 452 g/mol. The fourth-order valence-corrected chi connectivity index (χ4v) is 4.95. The first-order valence-corrected chi connectivity index (χ1v) is 10.7. The Kier molecular flexibility index (Phi) is 4.97. The molecule has 0 saturated carbocycles. The van der Waals surface area contributed by atoms with E-state index in [1.165, 1.54) is 7.11 Å². The van der Waals surface area contributed by atoms with E-state index >= 15 is 0 Å². The molecule has 0 unspecified atom stereocenters. The Balaban J connectivity index is 1.46. The second kappa shape index (κ2) is 7.73. The zero-order valence-electron chi connectivity index (χ0n) is 18.2. The third kappa shape index (κ3) is 3.56. The lowest BCUT2D eigenvalue weighted by Crippen LogP contribution is -2.46. The van der Waals surface area contributed by atoms with Gasteiger partial charge in [0.15, 0.2) is 0 Å². The summed E-state index contributed by atoms with van der Waals surface area (Å²) in [5, 5.41) is 2.38. The maximum absolute atomic E-state index is 13.1. The van der Waals surface area contributed by atoms with Crippen LogP contribution in [0, 0.1) is 0 Å². The number of rotatable bonds is 6. The number of amides is 4. The number of nitrogens with two attached hydrogens (primary N) is 1. The van der Waals surface area contributed by atoms with E-state index in [9.17, 15) is 19.2 Å². The third-order valence-corrected chi connectivity index (χ3v) is 6.60. The van der Waals surface area contributed by atoms with Crippen molar-refractivity contribution in [1.82, 2.24) is 15.1 Å². The highest BCUT2D eigenvalue weighted by Gasteiger charge is 2.53. The number of nitrogens with one attached hydrogen (secondary N) is 1.